The molecule has 0 aliphatic heterocycles. The van der Waals surface area contributed by atoms with Crippen molar-refractivity contribution in [1.29, 1.82) is 0 Å². The Balaban J connectivity index is 2.80. The molecule has 0 bridgehead atoms. The van der Waals surface area contributed by atoms with Crippen molar-refractivity contribution >= 4 is 46.8 Å². The van der Waals surface area contributed by atoms with Crippen LogP contribution in [0.15, 0.2) is 11.0 Å². The van der Waals surface area contributed by atoms with E-state index in [1.807, 2.05) is 0 Å². The van der Waals surface area contributed by atoms with Gasteiger partial charge in [0.1, 0.15) is 9.84 Å². The summed E-state index contributed by atoms with van der Waals surface area (Å²) in [6.45, 7) is 1.50. The summed E-state index contributed by atoms with van der Waals surface area (Å²) in [5, 5.41) is 2.40. The zero-order chi connectivity index (χ0) is 14.8. The molecule has 0 aliphatic carbocycles. The molecule has 1 amide bonds. The predicted molar refractivity (Wildman–Crippen MR) is 74.1 cm³/mol. The average molecular weight is 346 g/mol. The lowest BCUT2D eigenvalue weighted by molar-refractivity contribution is 0.0960. The van der Waals surface area contributed by atoms with Gasteiger partial charge in [-0.15, -0.1) is 11.3 Å². The molecule has 19 heavy (non-hydrogen) atoms. The van der Waals surface area contributed by atoms with Crippen molar-refractivity contribution in [3.05, 3.63) is 15.8 Å². The summed E-state index contributed by atoms with van der Waals surface area (Å²) in [7, 11) is -1.83. The molecule has 10 heteroatoms. The lowest BCUT2D eigenvalue weighted by Gasteiger charge is -2.01. The fourth-order valence-corrected chi connectivity index (χ4v) is 4.31. The van der Waals surface area contributed by atoms with Crippen molar-refractivity contribution in [2.24, 2.45) is 0 Å². The minimum absolute atomic E-state index is 0.0302. The van der Waals surface area contributed by atoms with Gasteiger partial charge in [-0.05, 0) is 13.0 Å². The molecule has 0 aliphatic rings. The minimum Gasteiger partial charge on any atom is -0.350 e. The molecule has 1 aromatic heterocycles. The molecular formula is C9H12ClNO5S3. The van der Waals surface area contributed by atoms with Crippen molar-refractivity contribution in [2.75, 3.05) is 18.6 Å². The van der Waals surface area contributed by atoms with Crippen molar-refractivity contribution < 1.29 is 21.6 Å². The van der Waals surface area contributed by atoms with Gasteiger partial charge in [-0.25, -0.2) is 16.8 Å². The molecule has 1 N–H and O–H groups in total. The van der Waals surface area contributed by atoms with Gasteiger partial charge in [0.05, 0.1) is 15.5 Å². The van der Waals surface area contributed by atoms with E-state index in [1.54, 1.807) is 0 Å². The molecule has 0 radical (unpaired) electrons. The van der Waals surface area contributed by atoms with E-state index in [-0.39, 0.29) is 22.1 Å². The van der Waals surface area contributed by atoms with Crippen molar-refractivity contribution in [2.45, 2.75) is 11.8 Å². The first-order valence-corrected chi connectivity index (χ1v) is 10.2. The zero-order valence-corrected chi connectivity index (χ0v) is 13.3. The third-order valence-electron chi connectivity index (χ3n) is 2.12. The van der Waals surface area contributed by atoms with Crippen LogP contribution in [-0.2, 0) is 18.9 Å². The Morgan fingerprint density at radius 3 is 2.37 bits per heavy atom. The first-order chi connectivity index (χ1) is 8.50. The van der Waals surface area contributed by atoms with Crippen LogP contribution in [0.3, 0.4) is 0 Å². The summed E-state index contributed by atoms with van der Waals surface area (Å²) in [5.74, 6) is -0.702. The molecule has 0 atom stereocenters. The number of halogens is 1. The first kappa shape index (κ1) is 16.4. The third kappa shape index (κ3) is 5.09. The number of hydrogen-bond donors (Lipinski definition) is 1. The highest BCUT2D eigenvalue weighted by atomic mass is 35.7. The number of nitrogens with one attached hydrogen (secondary N) is 1. The maximum atomic E-state index is 11.7. The van der Waals surface area contributed by atoms with E-state index in [2.05, 4.69) is 5.32 Å². The van der Waals surface area contributed by atoms with E-state index in [9.17, 15) is 21.6 Å². The Bertz CT molecular complexity index is 689. The molecule has 108 valence electrons. The van der Waals surface area contributed by atoms with Crippen LogP contribution in [0.1, 0.15) is 14.5 Å². The number of carbonyl (C=O) groups is 1. The molecule has 0 unspecified atom stereocenters. The minimum atomic E-state index is -3.88. The van der Waals surface area contributed by atoms with Gasteiger partial charge >= 0.3 is 0 Å². The Morgan fingerprint density at radius 2 is 1.95 bits per heavy atom. The van der Waals surface area contributed by atoms with Crippen molar-refractivity contribution in [3.8, 4) is 0 Å². The monoisotopic (exact) mass is 345 g/mol. The van der Waals surface area contributed by atoms with Crippen LogP contribution in [0.25, 0.3) is 0 Å². The van der Waals surface area contributed by atoms with E-state index >= 15 is 0 Å². The maximum Gasteiger partial charge on any atom is 0.262 e. The molecular weight excluding hydrogens is 334 g/mol. The van der Waals surface area contributed by atoms with Gasteiger partial charge in [-0.1, -0.05) is 0 Å². The number of amides is 1. The van der Waals surface area contributed by atoms with Gasteiger partial charge in [0, 0.05) is 28.4 Å². The van der Waals surface area contributed by atoms with Crippen LogP contribution in [0, 0.1) is 6.92 Å². The number of thiophene rings is 1. The normalized spacial score (nSPS) is 12.4. The molecule has 0 aromatic carbocycles. The Kier molecular flexibility index (Phi) is 4.99. The predicted octanol–water partition coefficient (Wildman–Crippen LogP) is 0.758. The topological polar surface area (TPSA) is 97.4 Å². The lowest BCUT2D eigenvalue weighted by atomic mass is 10.4. The highest BCUT2D eigenvalue weighted by molar-refractivity contribution is 8.13. The van der Waals surface area contributed by atoms with Gasteiger partial charge in [-0.2, -0.15) is 0 Å². The molecule has 0 saturated carbocycles. The van der Waals surface area contributed by atoms with Gasteiger partial charge < -0.3 is 5.32 Å². The maximum absolute atomic E-state index is 11.7. The molecule has 0 saturated heterocycles. The smallest absolute Gasteiger partial charge is 0.262 e. The highest BCUT2D eigenvalue weighted by Crippen LogP contribution is 2.28. The number of aryl methyl sites for hydroxylation is 1. The molecule has 0 spiro atoms. The zero-order valence-electron chi connectivity index (χ0n) is 10.1. The van der Waals surface area contributed by atoms with Crippen LogP contribution in [-0.4, -0.2) is 41.3 Å². The number of hydrogen-bond acceptors (Lipinski definition) is 6. The van der Waals surface area contributed by atoms with E-state index in [4.69, 9.17) is 10.7 Å². The summed E-state index contributed by atoms with van der Waals surface area (Å²) >= 11 is 0.982. The lowest BCUT2D eigenvalue weighted by Crippen LogP contribution is -2.28. The Hall–Kier alpha value is -0.640. The number of carbonyl (C=O) groups excluding carboxylic acids is 1. The number of rotatable bonds is 5. The standard InChI is InChI=1S/C9H12ClNO5S3/c1-6-8(19(10,15)16)5-7(17-6)9(12)11-3-4-18(2,13)14/h5H,3-4H2,1-2H3,(H,11,12). The van der Waals surface area contributed by atoms with Crippen LogP contribution < -0.4 is 5.32 Å². The van der Waals surface area contributed by atoms with E-state index in [1.165, 1.54) is 13.0 Å². The van der Waals surface area contributed by atoms with Crippen molar-refractivity contribution in [3.63, 3.8) is 0 Å². The van der Waals surface area contributed by atoms with Gasteiger partial charge in [0.25, 0.3) is 15.0 Å². The van der Waals surface area contributed by atoms with Gasteiger partial charge in [0.15, 0.2) is 0 Å². The fraction of sp³-hybridized carbons (Fsp3) is 0.444. The second-order valence-corrected chi connectivity index (χ2v) is 9.91. The average Bonchev–Trinajstić information content (AvgIpc) is 2.57. The summed E-state index contributed by atoms with van der Waals surface area (Å²) < 4.78 is 44.2. The second-order valence-electron chi connectivity index (χ2n) is 3.85. The van der Waals surface area contributed by atoms with Crippen LogP contribution in [0.2, 0.25) is 0 Å². The Morgan fingerprint density at radius 1 is 1.37 bits per heavy atom. The number of sulfone groups is 1. The summed E-state index contributed by atoms with van der Waals surface area (Å²) in [5.41, 5.74) is 0. The highest BCUT2D eigenvalue weighted by Gasteiger charge is 2.20. The molecule has 1 rings (SSSR count). The van der Waals surface area contributed by atoms with E-state index in [0.29, 0.717) is 4.88 Å². The SMILES string of the molecule is Cc1sc(C(=O)NCCS(C)(=O)=O)cc1S(=O)(=O)Cl. The fourth-order valence-electron chi connectivity index (χ4n) is 1.26. The largest absolute Gasteiger partial charge is 0.350 e. The molecule has 1 aromatic rings. The quantitative estimate of drug-likeness (QED) is 0.794. The van der Waals surface area contributed by atoms with Gasteiger partial charge in [-0.3, -0.25) is 4.79 Å². The molecule has 0 fully saturated rings. The van der Waals surface area contributed by atoms with Crippen LogP contribution >= 0.6 is 22.0 Å². The Labute approximate surface area is 120 Å². The van der Waals surface area contributed by atoms with Crippen molar-refractivity contribution in [1.82, 2.24) is 5.32 Å². The van der Waals surface area contributed by atoms with Crippen LogP contribution in [0.4, 0.5) is 0 Å². The summed E-state index contributed by atoms with van der Waals surface area (Å²) in [4.78, 5) is 12.2. The van der Waals surface area contributed by atoms with E-state index in [0.717, 1.165) is 17.6 Å². The molecule has 6 nitrogen and oxygen atoms in total. The first-order valence-electron chi connectivity index (χ1n) is 5.02. The third-order valence-corrected chi connectivity index (χ3v) is 5.69. The van der Waals surface area contributed by atoms with Gasteiger partial charge in [0.2, 0.25) is 0 Å². The van der Waals surface area contributed by atoms with E-state index < -0.39 is 24.8 Å². The second kappa shape index (κ2) is 5.78. The summed E-state index contributed by atoms with van der Waals surface area (Å²) in [6, 6.07) is 1.18. The van der Waals surface area contributed by atoms with Crippen LogP contribution in [0.5, 0.6) is 0 Å². The molecule has 1 heterocycles. The summed E-state index contributed by atoms with van der Waals surface area (Å²) in [6.07, 6.45) is 1.06.